The smallest absolute Gasteiger partial charge is 0.345 e. The SMILES string of the molecule is O=C(Oc1ccc(Br)cc1C=NNC(=O)C1COc2ccccc2O1)c1ccccc1Cl. The highest BCUT2D eigenvalue weighted by Crippen LogP contribution is 2.31. The average molecular weight is 516 g/mol. The molecule has 3 aromatic rings. The molecule has 1 unspecified atom stereocenters. The van der Waals surface area contributed by atoms with Crippen LogP contribution in [0.1, 0.15) is 15.9 Å². The van der Waals surface area contributed by atoms with Gasteiger partial charge in [-0.1, -0.05) is 51.8 Å². The third kappa shape index (κ3) is 5.09. The summed E-state index contributed by atoms with van der Waals surface area (Å²) in [4.78, 5) is 24.9. The summed E-state index contributed by atoms with van der Waals surface area (Å²) >= 11 is 9.44. The molecule has 3 aromatic carbocycles. The maximum Gasteiger partial charge on any atom is 0.345 e. The normalized spacial score (nSPS) is 14.8. The molecule has 0 radical (unpaired) electrons. The molecule has 1 aliphatic heterocycles. The van der Waals surface area contributed by atoms with Gasteiger partial charge in [-0.05, 0) is 42.5 Å². The van der Waals surface area contributed by atoms with E-state index in [9.17, 15) is 9.59 Å². The van der Waals surface area contributed by atoms with Crippen LogP contribution in [0.4, 0.5) is 0 Å². The molecular formula is C23H16BrClN2O5. The Morgan fingerprint density at radius 1 is 1.09 bits per heavy atom. The van der Waals surface area contributed by atoms with Crippen LogP contribution >= 0.6 is 27.5 Å². The Bertz CT molecular complexity index is 1200. The number of hydrogen-bond donors (Lipinski definition) is 1. The van der Waals surface area contributed by atoms with E-state index in [-0.39, 0.29) is 22.9 Å². The minimum Gasteiger partial charge on any atom is -0.485 e. The van der Waals surface area contributed by atoms with Crippen molar-refractivity contribution < 1.29 is 23.8 Å². The number of carbonyl (C=O) groups excluding carboxylic acids is 2. The van der Waals surface area contributed by atoms with Gasteiger partial charge < -0.3 is 14.2 Å². The molecule has 162 valence electrons. The summed E-state index contributed by atoms with van der Waals surface area (Å²) in [5.41, 5.74) is 3.12. The standard InChI is InChI=1S/C23H16BrClN2O5/c24-15-9-10-18(32-23(29)16-5-1-2-6-17(16)25)14(11-15)12-26-27-22(28)21-13-30-19-7-3-4-8-20(19)31-21/h1-12,21H,13H2,(H,27,28). The lowest BCUT2D eigenvalue weighted by Gasteiger charge is -2.24. The van der Waals surface area contributed by atoms with Crippen molar-refractivity contribution in [3.8, 4) is 17.2 Å². The van der Waals surface area contributed by atoms with Crippen molar-refractivity contribution in [2.45, 2.75) is 6.10 Å². The fourth-order valence-corrected chi connectivity index (χ4v) is 3.47. The highest BCUT2D eigenvalue weighted by Gasteiger charge is 2.27. The zero-order valence-corrected chi connectivity index (χ0v) is 18.8. The molecule has 0 bridgehead atoms. The van der Waals surface area contributed by atoms with Crippen molar-refractivity contribution in [1.82, 2.24) is 5.43 Å². The fraction of sp³-hybridized carbons (Fsp3) is 0.0870. The number of ether oxygens (including phenoxy) is 3. The second kappa shape index (κ2) is 9.84. The second-order valence-electron chi connectivity index (χ2n) is 6.65. The van der Waals surface area contributed by atoms with Crippen LogP contribution < -0.4 is 19.6 Å². The molecule has 1 aliphatic rings. The molecule has 0 spiro atoms. The minimum atomic E-state index is -0.845. The Labute approximate surface area is 197 Å². The van der Waals surface area contributed by atoms with Gasteiger partial charge in [-0.25, -0.2) is 10.2 Å². The van der Waals surface area contributed by atoms with Crippen LogP contribution in [0.5, 0.6) is 17.2 Å². The van der Waals surface area contributed by atoms with Gasteiger partial charge in [0.15, 0.2) is 11.5 Å². The summed E-state index contributed by atoms with van der Waals surface area (Å²) in [5.74, 6) is 0.244. The average Bonchev–Trinajstić information content (AvgIpc) is 2.80. The molecule has 32 heavy (non-hydrogen) atoms. The molecule has 4 rings (SSSR count). The molecule has 0 aliphatic carbocycles. The van der Waals surface area contributed by atoms with E-state index >= 15 is 0 Å². The summed E-state index contributed by atoms with van der Waals surface area (Å²) < 4.78 is 17.4. The predicted octanol–water partition coefficient (Wildman–Crippen LogP) is 4.61. The van der Waals surface area contributed by atoms with Crippen LogP contribution in [0.15, 0.2) is 76.3 Å². The molecule has 0 saturated heterocycles. The molecule has 9 heteroatoms. The number of para-hydroxylation sites is 2. The zero-order chi connectivity index (χ0) is 22.5. The number of rotatable bonds is 5. The van der Waals surface area contributed by atoms with Crippen LogP contribution in [0.25, 0.3) is 0 Å². The summed E-state index contributed by atoms with van der Waals surface area (Å²) in [5, 5.41) is 4.26. The monoisotopic (exact) mass is 514 g/mol. The molecule has 0 aromatic heterocycles. The number of hydrazone groups is 1. The van der Waals surface area contributed by atoms with Gasteiger partial charge in [0.1, 0.15) is 12.4 Å². The van der Waals surface area contributed by atoms with Crippen molar-refractivity contribution in [2.75, 3.05) is 6.61 Å². The molecule has 0 fully saturated rings. The molecule has 1 heterocycles. The number of hydrogen-bond acceptors (Lipinski definition) is 6. The molecule has 1 amide bonds. The van der Waals surface area contributed by atoms with Gasteiger partial charge in [-0.2, -0.15) is 5.10 Å². The van der Waals surface area contributed by atoms with E-state index in [2.05, 4.69) is 26.5 Å². The zero-order valence-electron chi connectivity index (χ0n) is 16.5. The van der Waals surface area contributed by atoms with Crippen molar-refractivity contribution in [2.24, 2.45) is 5.10 Å². The summed E-state index contributed by atoms with van der Waals surface area (Å²) in [7, 11) is 0. The first-order chi connectivity index (χ1) is 15.5. The number of nitrogens with zero attached hydrogens (tertiary/aromatic N) is 1. The summed E-state index contributed by atoms with van der Waals surface area (Å²) in [6, 6.07) is 18.7. The summed E-state index contributed by atoms with van der Waals surface area (Å²) in [6.45, 7) is 0.0654. The number of carbonyl (C=O) groups is 2. The molecule has 1 N–H and O–H groups in total. The first kappa shape index (κ1) is 21.9. The Kier molecular flexibility index (Phi) is 6.72. The third-order valence-corrected chi connectivity index (χ3v) is 5.27. The number of fused-ring (bicyclic) bond motifs is 1. The highest BCUT2D eigenvalue weighted by atomic mass is 79.9. The predicted molar refractivity (Wildman–Crippen MR) is 123 cm³/mol. The van der Waals surface area contributed by atoms with E-state index in [4.69, 9.17) is 25.8 Å². The van der Waals surface area contributed by atoms with Crippen molar-refractivity contribution in [1.29, 1.82) is 0 Å². The Balaban J connectivity index is 1.44. The largest absolute Gasteiger partial charge is 0.485 e. The topological polar surface area (TPSA) is 86.2 Å². The Morgan fingerprint density at radius 2 is 1.84 bits per heavy atom. The van der Waals surface area contributed by atoms with Gasteiger partial charge in [0.05, 0.1) is 16.8 Å². The van der Waals surface area contributed by atoms with Crippen molar-refractivity contribution in [3.63, 3.8) is 0 Å². The first-order valence-corrected chi connectivity index (χ1v) is 10.7. The van der Waals surface area contributed by atoms with Gasteiger partial charge >= 0.3 is 5.97 Å². The number of amides is 1. The van der Waals surface area contributed by atoms with Gasteiger partial charge in [0.2, 0.25) is 6.10 Å². The van der Waals surface area contributed by atoms with Crippen LogP contribution in [0.2, 0.25) is 5.02 Å². The van der Waals surface area contributed by atoms with Crippen molar-refractivity contribution >= 4 is 45.6 Å². The molecular weight excluding hydrogens is 500 g/mol. The van der Waals surface area contributed by atoms with E-state index in [1.165, 1.54) is 6.21 Å². The molecule has 7 nitrogen and oxygen atoms in total. The van der Waals surface area contributed by atoms with Crippen molar-refractivity contribution in [3.05, 3.63) is 87.4 Å². The lowest BCUT2D eigenvalue weighted by Crippen LogP contribution is -2.42. The highest BCUT2D eigenvalue weighted by molar-refractivity contribution is 9.10. The van der Waals surface area contributed by atoms with E-state index in [1.54, 1.807) is 60.7 Å². The van der Waals surface area contributed by atoms with Gasteiger partial charge in [0.25, 0.3) is 5.91 Å². The van der Waals surface area contributed by atoms with Crippen LogP contribution in [0.3, 0.4) is 0 Å². The van der Waals surface area contributed by atoms with E-state index in [0.29, 0.717) is 17.1 Å². The fourth-order valence-electron chi connectivity index (χ4n) is 2.88. The lowest BCUT2D eigenvalue weighted by molar-refractivity contribution is -0.130. The van der Waals surface area contributed by atoms with Crippen LogP contribution in [-0.4, -0.2) is 30.8 Å². The number of benzene rings is 3. The Hall–Kier alpha value is -3.36. The number of nitrogens with one attached hydrogen (secondary N) is 1. The lowest BCUT2D eigenvalue weighted by atomic mass is 10.2. The number of esters is 1. The van der Waals surface area contributed by atoms with Gasteiger partial charge in [-0.3, -0.25) is 4.79 Å². The Morgan fingerprint density at radius 3 is 2.66 bits per heavy atom. The first-order valence-electron chi connectivity index (χ1n) is 9.49. The third-order valence-electron chi connectivity index (χ3n) is 4.45. The van der Waals surface area contributed by atoms with E-state index < -0.39 is 18.0 Å². The summed E-state index contributed by atoms with van der Waals surface area (Å²) in [6.07, 6.45) is 0.525. The van der Waals surface area contributed by atoms with Crippen LogP contribution in [0, 0.1) is 0 Å². The van der Waals surface area contributed by atoms with Gasteiger partial charge in [0, 0.05) is 10.0 Å². The quantitative estimate of drug-likeness (QED) is 0.232. The molecule has 1 atom stereocenters. The number of halogens is 2. The van der Waals surface area contributed by atoms with Gasteiger partial charge in [-0.15, -0.1) is 0 Å². The molecule has 0 saturated carbocycles. The maximum absolute atomic E-state index is 12.5. The minimum absolute atomic E-state index is 0.0654. The van der Waals surface area contributed by atoms with E-state index in [1.807, 2.05) is 6.07 Å². The van der Waals surface area contributed by atoms with E-state index in [0.717, 1.165) is 4.47 Å². The van der Waals surface area contributed by atoms with Crippen LogP contribution in [-0.2, 0) is 4.79 Å². The maximum atomic E-state index is 12.5. The second-order valence-corrected chi connectivity index (χ2v) is 7.97.